The minimum Gasteiger partial charge on any atom is -0.334 e. The summed E-state index contributed by atoms with van der Waals surface area (Å²) in [6.07, 6.45) is 2.31. The van der Waals surface area contributed by atoms with E-state index in [4.69, 9.17) is 0 Å². The molecule has 1 fully saturated rings. The number of hydrogen-bond donors (Lipinski definition) is 0. The van der Waals surface area contributed by atoms with Crippen molar-refractivity contribution in [3.63, 3.8) is 0 Å². The van der Waals surface area contributed by atoms with Gasteiger partial charge in [-0.25, -0.2) is 4.98 Å². The molecule has 0 atom stereocenters. The molecule has 1 saturated carbocycles. The van der Waals surface area contributed by atoms with E-state index in [9.17, 15) is 4.79 Å². The fourth-order valence-electron chi connectivity index (χ4n) is 1.64. The quantitative estimate of drug-likeness (QED) is 0.787. The van der Waals surface area contributed by atoms with Gasteiger partial charge in [-0.3, -0.25) is 4.79 Å². The first-order valence-electron chi connectivity index (χ1n) is 5.37. The van der Waals surface area contributed by atoms with Crippen molar-refractivity contribution in [3.8, 4) is 0 Å². The molecular weight excluding hydrogens is 208 g/mol. The molecule has 0 N–H and O–H groups in total. The zero-order chi connectivity index (χ0) is 10.8. The van der Waals surface area contributed by atoms with Crippen molar-refractivity contribution >= 4 is 17.2 Å². The maximum Gasteiger partial charge on any atom is 0.273 e. The third kappa shape index (κ3) is 2.56. The molecule has 1 heterocycles. The first-order valence-corrected chi connectivity index (χ1v) is 6.32. The molecule has 15 heavy (non-hydrogen) atoms. The van der Waals surface area contributed by atoms with Gasteiger partial charge in [0.1, 0.15) is 5.69 Å². The van der Waals surface area contributed by atoms with E-state index in [2.05, 4.69) is 18.8 Å². The lowest BCUT2D eigenvalue weighted by atomic mass is 10.2. The smallest absolute Gasteiger partial charge is 0.273 e. The number of rotatable bonds is 4. The molecule has 0 aromatic carbocycles. The second-order valence-electron chi connectivity index (χ2n) is 4.46. The molecule has 0 spiro atoms. The predicted octanol–water partition coefficient (Wildman–Crippen LogP) is 2.40. The van der Waals surface area contributed by atoms with Gasteiger partial charge < -0.3 is 4.90 Å². The molecule has 0 saturated heterocycles. The molecule has 1 aromatic rings. The Balaban J connectivity index is 2.07. The van der Waals surface area contributed by atoms with E-state index in [0.29, 0.717) is 17.7 Å². The third-order valence-electron chi connectivity index (χ3n) is 2.46. The summed E-state index contributed by atoms with van der Waals surface area (Å²) in [4.78, 5) is 18.2. The van der Waals surface area contributed by atoms with Gasteiger partial charge in [0.05, 0.1) is 5.51 Å². The maximum absolute atomic E-state index is 12.1. The summed E-state index contributed by atoms with van der Waals surface area (Å²) < 4.78 is 0. The lowest BCUT2D eigenvalue weighted by Crippen LogP contribution is -2.36. The van der Waals surface area contributed by atoms with Crippen molar-refractivity contribution in [2.45, 2.75) is 32.7 Å². The molecule has 0 aliphatic heterocycles. The first kappa shape index (κ1) is 10.6. The van der Waals surface area contributed by atoms with Crippen molar-refractivity contribution in [2.75, 3.05) is 6.54 Å². The molecular formula is C11H16N2OS. The van der Waals surface area contributed by atoms with Gasteiger partial charge >= 0.3 is 0 Å². The molecule has 1 aliphatic rings. The Hall–Kier alpha value is -0.900. The fourth-order valence-corrected chi connectivity index (χ4v) is 2.17. The fraction of sp³-hybridized carbons (Fsp3) is 0.636. The topological polar surface area (TPSA) is 33.2 Å². The molecule has 4 heteroatoms. The highest BCUT2D eigenvalue weighted by Crippen LogP contribution is 2.28. The number of nitrogens with zero attached hydrogens (tertiary/aromatic N) is 2. The van der Waals surface area contributed by atoms with Crippen molar-refractivity contribution < 1.29 is 4.79 Å². The number of carbonyl (C=O) groups excluding carboxylic acids is 1. The predicted molar refractivity (Wildman–Crippen MR) is 61.0 cm³/mol. The number of carbonyl (C=O) groups is 1. The van der Waals surface area contributed by atoms with Crippen LogP contribution in [0.5, 0.6) is 0 Å². The number of thiazole rings is 1. The van der Waals surface area contributed by atoms with E-state index in [1.807, 2.05) is 10.3 Å². The number of hydrogen-bond acceptors (Lipinski definition) is 3. The minimum atomic E-state index is 0.104. The second-order valence-corrected chi connectivity index (χ2v) is 5.17. The number of aromatic nitrogens is 1. The van der Waals surface area contributed by atoms with Crippen LogP contribution in [0.25, 0.3) is 0 Å². The van der Waals surface area contributed by atoms with Crippen LogP contribution in [0.1, 0.15) is 37.2 Å². The highest BCUT2D eigenvalue weighted by molar-refractivity contribution is 7.07. The Morgan fingerprint density at radius 3 is 2.87 bits per heavy atom. The second kappa shape index (κ2) is 4.31. The summed E-state index contributed by atoms with van der Waals surface area (Å²) in [5.74, 6) is 0.626. The van der Waals surface area contributed by atoms with Crippen LogP contribution in [0.15, 0.2) is 10.9 Å². The molecule has 82 valence electrons. The zero-order valence-electron chi connectivity index (χ0n) is 9.14. The van der Waals surface area contributed by atoms with Gasteiger partial charge in [-0.05, 0) is 18.8 Å². The normalized spacial score (nSPS) is 15.7. The van der Waals surface area contributed by atoms with Gasteiger partial charge in [0.15, 0.2) is 0 Å². The van der Waals surface area contributed by atoms with Crippen LogP contribution in [0.2, 0.25) is 0 Å². The third-order valence-corrected chi connectivity index (χ3v) is 3.05. The molecule has 0 radical (unpaired) electrons. The molecule has 0 bridgehead atoms. The van der Waals surface area contributed by atoms with E-state index in [1.54, 1.807) is 5.51 Å². The molecule has 0 unspecified atom stereocenters. The van der Waals surface area contributed by atoms with E-state index in [0.717, 1.165) is 19.4 Å². The van der Waals surface area contributed by atoms with Gasteiger partial charge in [0.25, 0.3) is 5.91 Å². The highest BCUT2D eigenvalue weighted by atomic mass is 32.1. The van der Waals surface area contributed by atoms with Gasteiger partial charge in [-0.2, -0.15) is 0 Å². The SMILES string of the molecule is CC(C)CN(C(=O)c1cscn1)C1CC1. The largest absolute Gasteiger partial charge is 0.334 e. The van der Waals surface area contributed by atoms with Crippen molar-refractivity contribution in [3.05, 3.63) is 16.6 Å². The molecule has 3 nitrogen and oxygen atoms in total. The Kier molecular flexibility index (Phi) is 3.05. The highest BCUT2D eigenvalue weighted by Gasteiger charge is 2.33. The monoisotopic (exact) mass is 224 g/mol. The van der Waals surface area contributed by atoms with Crippen molar-refractivity contribution in [1.29, 1.82) is 0 Å². The van der Waals surface area contributed by atoms with Crippen LogP contribution < -0.4 is 0 Å². The van der Waals surface area contributed by atoms with Crippen LogP contribution >= 0.6 is 11.3 Å². The first-order chi connectivity index (χ1) is 7.18. The Labute approximate surface area is 94.1 Å². The van der Waals surface area contributed by atoms with Crippen molar-refractivity contribution in [2.24, 2.45) is 5.92 Å². The van der Waals surface area contributed by atoms with E-state index in [-0.39, 0.29) is 5.91 Å². The van der Waals surface area contributed by atoms with Gasteiger partial charge in [-0.15, -0.1) is 11.3 Å². The standard InChI is InChI=1S/C11H16N2OS/c1-8(2)5-13(9-3-4-9)11(14)10-6-15-7-12-10/h6-9H,3-5H2,1-2H3. The summed E-state index contributed by atoms with van der Waals surface area (Å²) >= 11 is 1.48. The minimum absolute atomic E-state index is 0.104. The lowest BCUT2D eigenvalue weighted by Gasteiger charge is -2.23. The Bertz CT molecular complexity index is 330. The molecule has 1 amide bonds. The lowest BCUT2D eigenvalue weighted by molar-refractivity contribution is 0.0717. The van der Waals surface area contributed by atoms with Crippen molar-refractivity contribution in [1.82, 2.24) is 9.88 Å². The summed E-state index contributed by atoms with van der Waals surface area (Å²) in [7, 11) is 0. The Morgan fingerprint density at radius 1 is 1.67 bits per heavy atom. The molecule has 2 rings (SSSR count). The zero-order valence-corrected chi connectivity index (χ0v) is 9.96. The van der Waals surface area contributed by atoms with Crippen LogP contribution in [0, 0.1) is 5.92 Å². The summed E-state index contributed by atoms with van der Waals surface area (Å²) in [6.45, 7) is 5.13. The number of amides is 1. The molecule has 1 aromatic heterocycles. The average molecular weight is 224 g/mol. The maximum atomic E-state index is 12.1. The van der Waals surface area contributed by atoms with E-state index >= 15 is 0 Å². The van der Waals surface area contributed by atoms with Crippen LogP contribution in [0.4, 0.5) is 0 Å². The van der Waals surface area contributed by atoms with Crippen LogP contribution in [-0.4, -0.2) is 28.4 Å². The van der Waals surface area contributed by atoms with E-state index in [1.165, 1.54) is 11.3 Å². The Morgan fingerprint density at radius 2 is 2.40 bits per heavy atom. The average Bonchev–Trinajstić information content (AvgIpc) is 2.88. The molecule has 1 aliphatic carbocycles. The summed E-state index contributed by atoms with van der Waals surface area (Å²) in [5.41, 5.74) is 2.32. The van der Waals surface area contributed by atoms with Crippen LogP contribution in [-0.2, 0) is 0 Å². The summed E-state index contributed by atoms with van der Waals surface area (Å²) in [5, 5.41) is 1.83. The van der Waals surface area contributed by atoms with E-state index < -0.39 is 0 Å². The van der Waals surface area contributed by atoms with Gasteiger partial charge in [0.2, 0.25) is 0 Å². The van der Waals surface area contributed by atoms with Crippen LogP contribution in [0.3, 0.4) is 0 Å². The van der Waals surface area contributed by atoms with Gasteiger partial charge in [-0.1, -0.05) is 13.8 Å². The van der Waals surface area contributed by atoms with Gasteiger partial charge in [0, 0.05) is 18.0 Å². The summed E-state index contributed by atoms with van der Waals surface area (Å²) in [6, 6.07) is 0.474.